The maximum Gasteiger partial charge on any atom is 0.132 e. The molecule has 0 bridgehead atoms. The first-order valence-electron chi connectivity index (χ1n) is 6.67. The summed E-state index contributed by atoms with van der Waals surface area (Å²) in [6, 6.07) is 0. The molecule has 1 aliphatic heterocycles. The van der Waals surface area contributed by atoms with Crippen molar-refractivity contribution in [2.24, 2.45) is 7.05 Å². The van der Waals surface area contributed by atoms with E-state index in [1.807, 2.05) is 18.7 Å². The van der Waals surface area contributed by atoms with E-state index in [0.29, 0.717) is 6.10 Å². The zero-order chi connectivity index (χ0) is 13.1. The van der Waals surface area contributed by atoms with Crippen molar-refractivity contribution in [2.45, 2.75) is 39.4 Å². The third-order valence-corrected chi connectivity index (χ3v) is 3.60. The fourth-order valence-corrected chi connectivity index (χ4v) is 2.67. The predicted octanol–water partition coefficient (Wildman–Crippen LogP) is 1.23. The number of anilines is 1. The molecule has 0 aromatic carbocycles. The number of rotatable bonds is 5. The van der Waals surface area contributed by atoms with Gasteiger partial charge >= 0.3 is 0 Å². The van der Waals surface area contributed by atoms with Crippen molar-refractivity contribution in [3.63, 3.8) is 0 Å². The van der Waals surface area contributed by atoms with Gasteiger partial charge in [-0.2, -0.15) is 5.10 Å². The average Bonchev–Trinajstić information content (AvgIpc) is 2.94. The molecule has 5 nitrogen and oxygen atoms in total. The van der Waals surface area contributed by atoms with Crippen LogP contribution in [-0.4, -0.2) is 40.7 Å². The summed E-state index contributed by atoms with van der Waals surface area (Å²) in [4.78, 5) is 2.25. The number of ether oxygens (including phenoxy) is 1. The molecule has 1 unspecified atom stereocenters. The Hall–Kier alpha value is -1.07. The number of aliphatic hydroxyl groups is 1. The molecule has 5 heteroatoms. The molecule has 2 rings (SSSR count). The van der Waals surface area contributed by atoms with Crippen LogP contribution in [0.15, 0.2) is 0 Å². The molecule has 1 atom stereocenters. The summed E-state index contributed by atoms with van der Waals surface area (Å²) in [6.45, 7) is 6.75. The van der Waals surface area contributed by atoms with Gasteiger partial charge in [0, 0.05) is 32.3 Å². The highest BCUT2D eigenvalue weighted by atomic mass is 16.5. The minimum Gasteiger partial charge on any atom is -0.391 e. The van der Waals surface area contributed by atoms with E-state index in [1.165, 1.54) is 0 Å². The largest absolute Gasteiger partial charge is 0.391 e. The first-order valence-corrected chi connectivity index (χ1v) is 6.67. The van der Waals surface area contributed by atoms with E-state index in [4.69, 9.17) is 4.74 Å². The summed E-state index contributed by atoms with van der Waals surface area (Å²) in [5.41, 5.74) is 1.83. The van der Waals surface area contributed by atoms with Crippen molar-refractivity contribution in [2.75, 3.05) is 24.6 Å². The van der Waals surface area contributed by atoms with E-state index in [9.17, 15) is 5.11 Å². The fraction of sp³-hybridized carbons (Fsp3) is 0.769. The van der Waals surface area contributed by atoms with Gasteiger partial charge in [-0.15, -0.1) is 0 Å². The Morgan fingerprint density at radius 1 is 1.56 bits per heavy atom. The molecule has 1 fully saturated rings. The van der Waals surface area contributed by atoms with Crippen LogP contribution in [0.3, 0.4) is 0 Å². The molecule has 0 amide bonds. The second-order valence-electron chi connectivity index (χ2n) is 4.84. The Morgan fingerprint density at radius 2 is 2.33 bits per heavy atom. The molecule has 0 aliphatic carbocycles. The van der Waals surface area contributed by atoms with Crippen LogP contribution in [0.4, 0.5) is 5.82 Å². The van der Waals surface area contributed by atoms with Gasteiger partial charge in [-0.25, -0.2) is 0 Å². The van der Waals surface area contributed by atoms with Crippen LogP contribution >= 0.6 is 0 Å². The molecular formula is C13H23N3O2. The van der Waals surface area contributed by atoms with Gasteiger partial charge in [0.2, 0.25) is 0 Å². The van der Waals surface area contributed by atoms with Crippen molar-refractivity contribution in [3.8, 4) is 0 Å². The summed E-state index contributed by atoms with van der Waals surface area (Å²) in [6.07, 6.45) is 2.59. The van der Waals surface area contributed by atoms with Crippen LogP contribution in [0.25, 0.3) is 0 Å². The van der Waals surface area contributed by atoms with E-state index in [2.05, 4.69) is 16.9 Å². The number of aromatic nitrogens is 2. The zero-order valence-corrected chi connectivity index (χ0v) is 11.5. The summed E-state index contributed by atoms with van der Waals surface area (Å²) in [5.74, 6) is 1.02. The smallest absolute Gasteiger partial charge is 0.132 e. The SMILES string of the molecule is CCN(CC1CCCO1)c1c(CO)c(C)nn1C. The number of likely N-dealkylation sites (N-methyl/N-ethyl adjacent to an activating group) is 1. The zero-order valence-electron chi connectivity index (χ0n) is 11.5. The molecule has 1 aromatic heterocycles. The highest BCUT2D eigenvalue weighted by Gasteiger charge is 2.23. The second-order valence-corrected chi connectivity index (χ2v) is 4.84. The third-order valence-electron chi connectivity index (χ3n) is 3.60. The van der Waals surface area contributed by atoms with Gasteiger partial charge in [0.1, 0.15) is 5.82 Å². The van der Waals surface area contributed by atoms with Gasteiger partial charge in [0.05, 0.1) is 18.4 Å². The standard InChI is InChI=1S/C13H23N3O2/c1-4-16(8-11-6-5-7-18-11)13-12(9-17)10(2)14-15(13)3/h11,17H,4-9H2,1-3H3. The Bertz CT molecular complexity index is 397. The molecule has 1 aliphatic rings. The van der Waals surface area contributed by atoms with Crippen LogP contribution < -0.4 is 4.90 Å². The van der Waals surface area contributed by atoms with Gasteiger partial charge in [-0.3, -0.25) is 4.68 Å². The predicted molar refractivity (Wildman–Crippen MR) is 70.7 cm³/mol. The topological polar surface area (TPSA) is 50.5 Å². The second kappa shape index (κ2) is 5.71. The minimum absolute atomic E-state index is 0.0387. The van der Waals surface area contributed by atoms with Gasteiger partial charge < -0.3 is 14.7 Å². The highest BCUT2D eigenvalue weighted by Crippen LogP contribution is 2.25. The fourth-order valence-electron chi connectivity index (χ4n) is 2.67. The molecular weight excluding hydrogens is 230 g/mol. The van der Waals surface area contributed by atoms with E-state index >= 15 is 0 Å². The normalized spacial score (nSPS) is 19.4. The summed E-state index contributed by atoms with van der Waals surface area (Å²) in [7, 11) is 1.93. The van der Waals surface area contributed by atoms with Crippen molar-refractivity contribution in [3.05, 3.63) is 11.3 Å². The van der Waals surface area contributed by atoms with Gasteiger partial charge in [-0.05, 0) is 26.7 Å². The Kier molecular flexibility index (Phi) is 4.24. The molecule has 1 N–H and O–H groups in total. The van der Waals surface area contributed by atoms with Crippen LogP contribution in [0.2, 0.25) is 0 Å². The molecule has 0 spiro atoms. The molecule has 1 saturated heterocycles. The number of hydrogen-bond donors (Lipinski definition) is 1. The summed E-state index contributed by atoms with van der Waals surface area (Å²) >= 11 is 0. The lowest BCUT2D eigenvalue weighted by atomic mass is 10.2. The number of aliphatic hydroxyl groups excluding tert-OH is 1. The van der Waals surface area contributed by atoms with E-state index in [1.54, 1.807) is 0 Å². The number of nitrogens with zero attached hydrogens (tertiary/aromatic N) is 3. The van der Waals surface area contributed by atoms with Crippen molar-refractivity contribution in [1.82, 2.24) is 9.78 Å². The van der Waals surface area contributed by atoms with E-state index in [-0.39, 0.29) is 6.61 Å². The third kappa shape index (κ3) is 2.52. The Balaban J connectivity index is 2.20. The Labute approximate surface area is 108 Å². The molecule has 18 heavy (non-hydrogen) atoms. The lowest BCUT2D eigenvalue weighted by molar-refractivity contribution is 0.115. The van der Waals surface area contributed by atoms with Crippen molar-refractivity contribution in [1.29, 1.82) is 0 Å². The molecule has 0 radical (unpaired) electrons. The van der Waals surface area contributed by atoms with E-state index < -0.39 is 0 Å². The molecule has 2 heterocycles. The molecule has 102 valence electrons. The van der Waals surface area contributed by atoms with Crippen LogP contribution in [0, 0.1) is 6.92 Å². The van der Waals surface area contributed by atoms with Gasteiger partial charge in [0.25, 0.3) is 0 Å². The first-order chi connectivity index (χ1) is 8.67. The number of aryl methyl sites for hydroxylation is 2. The molecule has 0 saturated carbocycles. The van der Waals surface area contributed by atoms with Gasteiger partial charge in [0.15, 0.2) is 0 Å². The lowest BCUT2D eigenvalue weighted by Gasteiger charge is -2.26. The maximum absolute atomic E-state index is 9.51. The van der Waals surface area contributed by atoms with Crippen LogP contribution in [0.5, 0.6) is 0 Å². The van der Waals surface area contributed by atoms with Gasteiger partial charge in [-0.1, -0.05) is 0 Å². The summed E-state index contributed by atoms with van der Waals surface area (Å²) in [5, 5.41) is 13.9. The number of hydrogen-bond acceptors (Lipinski definition) is 4. The Morgan fingerprint density at radius 3 is 2.89 bits per heavy atom. The monoisotopic (exact) mass is 253 g/mol. The minimum atomic E-state index is 0.0387. The summed E-state index contributed by atoms with van der Waals surface area (Å²) < 4.78 is 7.55. The lowest BCUT2D eigenvalue weighted by Crippen LogP contribution is -2.34. The highest BCUT2D eigenvalue weighted by molar-refractivity contribution is 5.49. The quantitative estimate of drug-likeness (QED) is 0.857. The first kappa shape index (κ1) is 13.4. The van der Waals surface area contributed by atoms with E-state index in [0.717, 1.165) is 49.6 Å². The van der Waals surface area contributed by atoms with Crippen molar-refractivity contribution < 1.29 is 9.84 Å². The maximum atomic E-state index is 9.51. The van der Waals surface area contributed by atoms with Crippen LogP contribution in [0.1, 0.15) is 31.0 Å². The van der Waals surface area contributed by atoms with Crippen LogP contribution in [-0.2, 0) is 18.4 Å². The average molecular weight is 253 g/mol. The molecule has 1 aromatic rings. The van der Waals surface area contributed by atoms with Crippen molar-refractivity contribution >= 4 is 5.82 Å².